The van der Waals surface area contributed by atoms with Crippen LogP contribution in [0.15, 0.2) is 60.7 Å². The van der Waals surface area contributed by atoms with Crippen LogP contribution in [0.1, 0.15) is 11.1 Å². The van der Waals surface area contributed by atoms with E-state index < -0.39 is 17.7 Å². The molecule has 23 heavy (non-hydrogen) atoms. The molecule has 0 heterocycles. The lowest BCUT2D eigenvalue weighted by Crippen LogP contribution is -2.39. The minimum absolute atomic E-state index is 0.260. The van der Waals surface area contributed by atoms with Gasteiger partial charge in [0.05, 0.1) is 5.41 Å². The molecule has 6 heteroatoms. The zero-order valence-corrected chi connectivity index (χ0v) is 12.2. The van der Waals surface area contributed by atoms with E-state index in [0.29, 0.717) is 11.1 Å². The lowest BCUT2D eigenvalue weighted by atomic mass is 9.75. The predicted octanol–water partition coefficient (Wildman–Crippen LogP) is 3.36. The second-order valence-electron chi connectivity index (χ2n) is 4.92. The first-order valence-electron chi connectivity index (χ1n) is 6.87. The van der Waals surface area contributed by atoms with Crippen LogP contribution in [0, 0.1) is 0 Å². The highest BCUT2D eigenvalue weighted by molar-refractivity contribution is 5.58. The normalized spacial score (nSPS) is 10.8. The number of hydrogen-bond donors (Lipinski definition) is 2. The molecule has 0 aliphatic rings. The van der Waals surface area contributed by atoms with E-state index in [0.717, 1.165) is 0 Å². The fraction of sp³-hybridized carbons (Fsp3) is 0.176. The smallest absolute Gasteiger partial charge is 0.450 e. The number of rotatable bonds is 6. The van der Waals surface area contributed by atoms with Crippen molar-refractivity contribution in [1.29, 1.82) is 0 Å². The standard InChI is InChI=1S/C17H16O6/c18-15(19)22-11-17(12-23-16(20)21,13-7-3-1-4-8-13)14-9-5-2-6-10-14/h1-10H,11-12H2,(H,18,19)(H,20,21). The monoisotopic (exact) mass is 316 g/mol. The lowest BCUT2D eigenvalue weighted by molar-refractivity contribution is 0.0407. The van der Waals surface area contributed by atoms with Gasteiger partial charge in [-0.05, 0) is 11.1 Å². The Bertz CT molecular complexity index is 594. The number of ether oxygens (including phenoxy) is 2. The molecule has 0 atom stereocenters. The van der Waals surface area contributed by atoms with E-state index >= 15 is 0 Å². The van der Waals surface area contributed by atoms with Gasteiger partial charge in [0.2, 0.25) is 0 Å². The predicted molar refractivity (Wildman–Crippen MR) is 81.6 cm³/mol. The van der Waals surface area contributed by atoms with Gasteiger partial charge in [-0.25, -0.2) is 9.59 Å². The first-order valence-corrected chi connectivity index (χ1v) is 6.87. The Morgan fingerprint density at radius 3 is 1.39 bits per heavy atom. The van der Waals surface area contributed by atoms with Crippen molar-refractivity contribution in [2.24, 2.45) is 0 Å². The molecule has 0 aromatic heterocycles. The van der Waals surface area contributed by atoms with Crippen LogP contribution in [0.4, 0.5) is 9.59 Å². The average molecular weight is 316 g/mol. The molecule has 0 saturated carbocycles. The molecule has 0 aliphatic carbocycles. The Kier molecular flexibility index (Phi) is 5.19. The molecule has 0 amide bonds. The van der Waals surface area contributed by atoms with Gasteiger partial charge in [-0.15, -0.1) is 0 Å². The topological polar surface area (TPSA) is 93.1 Å². The van der Waals surface area contributed by atoms with Gasteiger partial charge in [0.25, 0.3) is 0 Å². The number of benzene rings is 2. The Morgan fingerprint density at radius 2 is 1.09 bits per heavy atom. The molecule has 0 fully saturated rings. The molecular weight excluding hydrogens is 300 g/mol. The highest BCUT2D eigenvalue weighted by atomic mass is 16.7. The highest BCUT2D eigenvalue weighted by Gasteiger charge is 2.37. The van der Waals surface area contributed by atoms with Crippen LogP contribution in [-0.4, -0.2) is 35.7 Å². The molecule has 120 valence electrons. The third kappa shape index (κ3) is 4.00. The molecule has 6 nitrogen and oxygen atoms in total. The van der Waals surface area contributed by atoms with Gasteiger partial charge in [0, 0.05) is 0 Å². The molecule has 2 aromatic rings. The largest absolute Gasteiger partial charge is 0.505 e. The van der Waals surface area contributed by atoms with Gasteiger partial charge in [-0.3, -0.25) is 0 Å². The van der Waals surface area contributed by atoms with Crippen LogP contribution >= 0.6 is 0 Å². The lowest BCUT2D eigenvalue weighted by Gasteiger charge is -2.33. The molecule has 0 spiro atoms. The molecule has 0 saturated heterocycles. The Hall–Kier alpha value is -3.02. The van der Waals surface area contributed by atoms with Gasteiger partial charge < -0.3 is 19.7 Å². The third-order valence-electron chi connectivity index (χ3n) is 3.54. The molecule has 2 N–H and O–H groups in total. The van der Waals surface area contributed by atoms with Crippen LogP contribution in [0.2, 0.25) is 0 Å². The molecule has 2 rings (SSSR count). The minimum atomic E-state index is -1.43. The van der Waals surface area contributed by atoms with Crippen molar-refractivity contribution in [2.45, 2.75) is 5.41 Å². The van der Waals surface area contributed by atoms with Crippen LogP contribution in [0.5, 0.6) is 0 Å². The summed E-state index contributed by atoms with van der Waals surface area (Å²) in [5.41, 5.74) is 0.349. The Balaban J connectivity index is 2.52. The summed E-state index contributed by atoms with van der Waals surface area (Å²) in [5.74, 6) is 0. The van der Waals surface area contributed by atoms with Crippen molar-refractivity contribution in [1.82, 2.24) is 0 Å². The fourth-order valence-electron chi connectivity index (χ4n) is 2.43. The number of carboxylic acid groups (broad SMARTS) is 2. The van der Waals surface area contributed by atoms with E-state index in [1.807, 2.05) is 12.1 Å². The molecule has 0 bridgehead atoms. The highest BCUT2D eigenvalue weighted by Crippen LogP contribution is 2.33. The Labute approximate surface area is 132 Å². The number of hydrogen-bond acceptors (Lipinski definition) is 4. The maximum atomic E-state index is 10.9. The average Bonchev–Trinajstić information content (AvgIpc) is 2.56. The van der Waals surface area contributed by atoms with Crippen LogP contribution < -0.4 is 0 Å². The molecule has 0 unspecified atom stereocenters. The zero-order chi connectivity index (χ0) is 16.7. The van der Waals surface area contributed by atoms with Crippen molar-refractivity contribution in [3.63, 3.8) is 0 Å². The van der Waals surface area contributed by atoms with Crippen molar-refractivity contribution in [2.75, 3.05) is 13.2 Å². The maximum absolute atomic E-state index is 10.9. The second kappa shape index (κ2) is 7.31. The summed E-state index contributed by atoms with van der Waals surface area (Å²) in [5, 5.41) is 17.7. The van der Waals surface area contributed by atoms with Crippen molar-refractivity contribution in [3.8, 4) is 0 Å². The second-order valence-corrected chi connectivity index (χ2v) is 4.92. The summed E-state index contributed by atoms with van der Waals surface area (Å²) >= 11 is 0. The van der Waals surface area contributed by atoms with Gasteiger partial charge in [-0.1, -0.05) is 60.7 Å². The third-order valence-corrected chi connectivity index (χ3v) is 3.54. The van der Waals surface area contributed by atoms with Gasteiger partial charge in [0.15, 0.2) is 0 Å². The zero-order valence-electron chi connectivity index (χ0n) is 12.2. The van der Waals surface area contributed by atoms with Gasteiger partial charge in [0.1, 0.15) is 13.2 Å². The molecular formula is C17H16O6. The summed E-state index contributed by atoms with van der Waals surface area (Å²) in [6, 6.07) is 17.9. The van der Waals surface area contributed by atoms with Crippen molar-refractivity contribution >= 4 is 12.3 Å². The summed E-state index contributed by atoms with van der Waals surface area (Å²) in [7, 11) is 0. The summed E-state index contributed by atoms with van der Waals surface area (Å²) in [4.78, 5) is 21.7. The SMILES string of the molecule is O=C(O)OCC(COC(=O)O)(c1ccccc1)c1ccccc1. The fourth-order valence-corrected chi connectivity index (χ4v) is 2.43. The molecule has 0 aliphatic heterocycles. The van der Waals surface area contributed by atoms with Gasteiger partial charge in [-0.2, -0.15) is 0 Å². The van der Waals surface area contributed by atoms with Crippen LogP contribution in [0.25, 0.3) is 0 Å². The van der Waals surface area contributed by atoms with Crippen LogP contribution in [0.3, 0.4) is 0 Å². The summed E-state index contributed by atoms with van der Waals surface area (Å²) < 4.78 is 9.58. The van der Waals surface area contributed by atoms with Crippen molar-refractivity contribution in [3.05, 3.63) is 71.8 Å². The first-order chi connectivity index (χ1) is 11.0. The van der Waals surface area contributed by atoms with Gasteiger partial charge >= 0.3 is 12.3 Å². The number of carbonyl (C=O) groups is 2. The maximum Gasteiger partial charge on any atom is 0.505 e. The van der Waals surface area contributed by atoms with Crippen LogP contribution in [-0.2, 0) is 14.9 Å². The van der Waals surface area contributed by atoms with E-state index in [4.69, 9.17) is 19.7 Å². The summed E-state index contributed by atoms with van der Waals surface area (Å²) in [6.45, 7) is -0.521. The summed E-state index contributed by atoms with van der Waals surface area (Å²) in [6.07, 6.45) is -2.87. The Morgan fingerprint density at radius 1 is 0.739 bits per heavy atom. The first kappa shape index (κ1) is 16.4. The quantitative estimate of drug-likeness (QED) is 0.794. The molecule has 2 aromatic carbocycles. The van der Waals surface area contributed by atoms with E-state index in [1.165, 1.54) is 0 Å². The van der Waals surface area contributed by atoms with Crippen molar-refractivity contribution < 1.29 is 29.3 Å². The van der Waals surface area contributed by atoms with E-state index in [2.05, 4.69) is 0 Å². The van der Waals surface area contributed by atoms with E-state index in [-0.39, 0.29) is 13.2 Å². The van der Waals surface area contributed by atoms with E-state index in [9.17, 15) is 9.59 Å². The minimum Gasteiger partial charge on any atom is -0.450 e. The molecule has 0 radical (unpaired) electrons. The van der Waals surface area contributed by atoms with E-state index in [1.54, 1.807) is 48.5 Å².